The molecule has 0 saturated heterocycles. The van der Waals surface area contributed by atoms with Crippen LogP contribution in [0.3, 0.4) is 0 Å². The van der Waals surface area contributed by atoms with Crippen molar-refractivity contribution in [3.05, 3.63) is 81.5 Å². The zero-order valence-electron chi connectivity index (χ0n) is 17.9. The topological polar surface area (TPSA) is 114 Å². The summed E-state index contributed by atoms with van der Waals surface area (Å²) in [6.07, 6.45) is -3.73. The number of aliphatic hydroxyl groups is 2. The van der Waals surface area contributed by atoms with Crippen LogP contribution in [0.2, 0.25) is 0 Å². The summed E-state index contributed by atoms with van der Waals surface area (Å²) >= 11 is 1.38. The van der Waals surface area contributed by atoms with Crippen LogP contribution in [0.1, 0.15) is 34.5 Å². The van der Waals surface area contributed by atoms with Crippen molar-refractivity contribution >= 4 is 23.2 Å². The summed E-state index contributed by atoms with van der Waals surface area (Å²) < 4.78 is 0. The molecule has 2 aromatic carbocycles. The number of carbonyl (C=O) groups is 2. The van der Waals surface area contributed by atoms with Crippen LogP contribution in [-0.4, -0.2) is 39.1 Å². The first kappa shape index (κ1) is 22.7. The summed E-state index contributed by atoms with van der Waals surface area (Å²) in [4.78, 5) is 27.2. The predicted molar refractivity (Wildman–Crippen MR) is 124 cm³/mol. The van der Waals surface area contributed by atoms with Gasteiger partial charge in [-0.05, 0) is 40.6 Å². The molecule has 0 aliphatic carbocycles. The van der Waals surface area contributed by atoms with E-state index in [1.807, 2.05) is 60.0 Å². The van der Waals surface area contributed by atoms with E-state index in [9.17, 15) is 25.1 Å². The quantitative estimate of drug-likeness (QED) is 0.522. The van der Waals surface area contributed by atoms with Gasteiger partial charge in [0.05, 0.1) is 6.04 Å². The molecule has 3 atom stereocenters. The second-order valence-electron chi connectivity index (χ2n) is 7.98. The highest BCUT2D eigenvalue weighted by molar-refractivity contribution is 7.11. The minimum Gasteiger partial charge on any atom is -0.380 e. The van der Waals surface area contributed by atoms with Crippen LogP contribution in [-0.2, 0) is 22.7 Å². The SMILES string of the molecule is C[C@@H](NC(=O)[C@H](O)[C@@H](O)C(=O)N1Cc2ccccc2C1)c1ccc(-c2ccsc2C#N)cc1. The Balaban J connectivity index is 1.36. The largest absolute Gasteiger partial charge is 0.380 e. The van der Waals surface area contributed by atoms with Gasteiger partial charge in [0.2, 0.25) is 0 Å². The van der Waals surface area contributed by atoms with Gasteiger partial charge in [0.1, 0.15) is 10.9 Å². The summed E-state index contributed by atoms with van der Waals surface area (Å²) in [5, 5.41) is 34.4. The first-order valence-electron chi connectivity index (χ1n) is 10.5. The smallest absolute Gasteiger partial charge is 0.255 e. The Morgan fingerprint density at radius 1 is 1.03 bits per heavy atom. The Bertz CT molecular complexity index is 1190. The van der Waals surface area contributed by atoms with E-state index in [0.29, 0.717) is 18.0 Å². The molecule has 33 heavy (non-hydrogen) atoms. The molecule has 4 rings (SSSR count). The predicted octanol–water partition coefficient (Wildman–Crippen LogP) is 2.73. The zero-order chi connectivity index (χ0) is 23.5. The molecule has 0 radical (unpaired) electrons. The van der Waals surface area contributed by atoms with Crippen molar-refractivity contribution in [1.29, 1.82) is 5.26 Å². The van der Waals surface area contributed by atoms with Gasteiger partial charge in [0, 0.05) is 18.7 Å². The van der Waals surface area contributed by atoms with Crippen LogP contribution in [0.5, 0.6) is 0 Å². The van der Waals surface area contributed by atoms with Crippen molar-refractivity contribution in [2.45, 2.75) is 38.3 Å². The fraction of sp³-hybridized carbons (Fsp3) is 0.240. The van der Waals surface area contributed by atoms with Gasteiger partial charge in [-0.15, -0.1) is 11.3 Å². The summed E-state index contributed by atoms with van der Waals surface area (Å²) in [6.45, 7) is 2.41. The Morgan fingerprint density at radius 3 is 2.27 bits per heavy atom. The van der Waals surface area contributed by atoms with Gasteiger partial charge < -0.3 is 20.4 Å². The maximum absolute atomic E-state index is 12.6. The van der Waals surface area contributed by atoms with E-state index >= 15 is 0 Å². The number of hydrogen-bond acceptors (Lipinski definition) is 6. The third kappa shape index (κ3) is 4.66. The number of amides is 2. The van der Waals surface area contributed by atoms with E-state index in [0.717, 1.165) is 27.8 Å². The molecule has 168 valence electrons. The van der Waals surface area contributed by atoms with Crippen molar-refractivity contribution < 1.29 is 19.8 Å². The molecule has 0 bridgehead atoms. The molecule has 1 aliphatic heterocycles. The van der Waals surface area contributed by atoms with Gasteiger partial charge in [-0.2, -0.15) is 5.26 Å². The molecule has 1 aliphatic rings. The minimum atomic E-state index is -1.88. The third-order valence-corrected chi connectivity index (χ3v) is 6.64. The van der Waals surface area contributed by atoms with Crippen LogP contribution in [0.15, 0.2) is 60.0 Å². The van der Waals surface area contributed by atoms with Gasteiger partial charge in [-0.1, -0.05) is 48.5 Å². The fourth-order valence-electron chi connectivity index (χ4n) is 3.91. The van der Waals surface area contributed by atoms with E-state index in [-0.39, 0.29) is 0 Å². The third-order valence-electron chi connectivity index (χ3n) is 5.82. The molecule has 7 nitrogen and oxygen atoms in total. The lowest BCUT2D eigenvalue weighted by molar-refractivity contribution is -0.153. The first-order chi connectivity index (χ1) is 15.9. The molecule has 3 N–H and O–H groups in total. The number of fused-ring (bicyclic) bond motifs is 1. The summed E-state index contributed by atoms with van der Waals surface area (Å²) in [7, 11) is 0. The Morgan fingerprint density at radius 2 is 1.67 bits per heavy atom. The average Bonchev–Trinajstić information content (AvgIpc) is 3.49. The summed E-state index contributed by atoms with van der Waals surface area (Å²) in [5.74, 6) is -1.51. The standard InChI is InChI=1S/C25H23N3O4S/c1-15(16-6-8-17(9-7-16)20-10-11-33-21(20)12-26)27-24(31)22(29)23(30)25(32)28-13-18-4-2-3-5-19(18)14-28/h2-11,15,22-23,29-30H,13-14H2,1H3,(H,27,31)/t15-,22-,23-/m1/s1. The van der Waals surface area contributed by atoms with Crippen LogP contribution < -0.4 is 5.32 Å². The molecular formula is C25H23N3O4S. The van der Waals surface area contributed by atoms with Crippen molar-refractivity contribution in [3.8, 4) is 17.2 Å². The molecule has 2 heterocycles. The lowest BCUT2D eigenvalue weighted by atomic mass is 10.0. The molecule has 0 saturated carbocycles. The van der Waals surface area contributed by atoms with E-state index in [4.69, 9.17) is 0 Å². The van der Waals surface area contributed by atoms with E-state index in [1.165, 1.54) is 16.2 Å². The number of nitrogens with one attached hydrogen (secondary N) is 1. The number of aliphatic hydroxyl groups excluding tert-OH is 2. The van der Waals surface area contributed by atoms with E-state index < -0.39 is 30.1 Å². The van der Waals surface area contributed by atoms with Gasteiger partial charge in [-0.25, -0.2) is 0 Å². The van der Waals surface area contributed by atoms with E-state index in [1.54, 1.807) is 6.92 Å². The van der Waals surface area contributed by atoms with Gasteiger partial charge in [0.15, 0.2) is 12.2 Å². The molecule has 0 spiro atoms. The molecule has 3 aromatic rings. The number of rotatable bonds is 6. The Kier molecular flexibility index (Phi) is 6.56. The van der Waals surface area contributed by atoms with Gasteiger partial charge in [-0.3, -0.25) is 9.59 Å². The average molecular weight is 462 g/mol. The molecule has 0 unspecified atom stereocenters. The number of thiophene rings is 1. The maximum Gasteiger partial charge on any atom is 0.255 e. The van der Waals surface area contributed by atoms with Crippen LogP contribution >= 0.6 is 11.3 Å². The lowest BCUT2D eigenvalue weighted by Crippen LogP contribution is -2.50. The monoisotopic (exact) mass is 461 g/mol. The van der Waals surface area contributed by atoms with Crippen LogP contribution in [0.25, 0.3) is 11.1 Å². The normalized spacial score (nSPS) is 15.3. The van der Waals surface area contributed by atoms with Crippen molar-refractivity contribution in [2.24, 2.45) is 0 Å². The second-order valence-corrected chi connectivity index (χ2v) is 8.90. The highest BCUT2D eigenvalue weighted by Crippen LogP contribution is 2.29. The number of carbonyl (C=O) groups excluding carboxylic acids is 2. The summed E-state index contributed by atoms with van der Waals surface area (Å²) in [5.41, 5.74) is 4.50. The Hall–Kier alpha value is -3.51. The fourth-order valence-corrected chi connectivity index (χ4v) is 4.62. The molecule has 0 fully saturated rings. The molecule has 2 amide bonds. The zero-order valence-corrected chi connectivity index (χ0v) is 18.7. The van der Waals surface area contributed by atoms with Crippen LogP contribution in [0.4, 0.5) is 0 Å². The van der Waals surface area contributed by atoms with Crippen molar-refractivity contribution in [1.82, 2.24) is 10.2 Å². The van der Waals surface area contributed by atoms with Crippen molar-refractivity contribution in [3.63, 3.8) is 0 Å². The lowest BCUT2D eigenvalue weighted by Gasteiger charge is -2.24. The van der Waals surface area contributed by atoms with Gasteiger partial charge >= 0.3 is 0 Å². The number of benzene rings is 2. The van der Waals surface area contributed by atoms with Crippen molar-refractivity contribution in [2.75, 3.05) is 0 Å². The molecular weight excluding hydrogens is 438 g/mol. The highest BCUT2D eigenvalue weighted by Gasteiger charge is 2.35. The molecule has 1 aromatic heterocycles. The highest BCUT2D eigenvalue weighted by atomic mass is 32.1. The maximum atomic E-state index is 12.6. The Labute approximate surface area is 195 Å². The number of nitriles is 1. The van der Waals surface area contributed by atoms with E-state index in [2.05, 4.69) is 11.4 Å². The van der Waals surface area contributed by atoms with Gasteiger partial charge in [0.25, 0.3) is 11.8 Å². The molecule has 8 heteroatoms. The number of hydrogen-bond donors (Lipinski definition) is 3. The first-order valence-corrected chi connectivity index (χ1v) is 11.4. The van der Waals surface area contributed by atoms with Crippen LogP contribution in [0, 0.1) is 11.3 Å². The second kappa shape index (κ2) is 9.55. The summed E-state index contributed by atoms with van der Waals surface area (Å²) in [6, 6.07) is 18.5. The number of nitrogens with zero attached hydrogens (tertiary/aromatic N) is 2. The minimum absolute atomic E-state index is 0.334.